The predicted octanol–water partition coefficient (Wildman–Crippen LogP) is 41.4. The first kappa shape index (κ1) is 87.8. The van der Waals surface area contributed by atoms with Crippen LogP contribution in [0.4, 0.5) is 68.2 Å². The molecular weight excluding hydrogens is 1820 g/mol. The van der Waals surface area contributed by atoms with Gasteiger partial charge in [-0.3, -0.25) is 0 Å². The van der Waals surface area contributed by atoms with Gasteiger partial charge in [0.05, 0.1) is 11.4 Å². The molecule has 0 saturated heterocycles. The van der Waals surface area contributed by atoms with Crippen molar-refractivity contribution in [2.75, 3.05) is 19.6 Å². The third kappa shape index (κ3) is 15.5. The fourth-order valence-corrected chi connectivity index (χ4v) is 23.2. The maximum Gasteiger partial charge on any atom is 0.143 e. The average molecular weight is 1910 g/mol. The summed E-state index contributed by atoms with van der Waals surface area (Å²) in [4.78, 5) is 9.51. The van der Waals surface area contributed by atoms with Crippen LogP contribution in [-0.4, -0.2) is 0 Å². The molecule has 150 heavy (non-hydrogen) atoms. The molecule has 0 radical (unpaired) electrons. The van der Waals surface area contributed by atoms with Gasteiger partial charge in [0.25, 0.3) is 0 Å². The molecule has 0 aliphatic rings. The summed E-state index contributed by atoms with van der Waals surface area (Å²) in [6, 6.07) is 206. The van der Waals surface area contributed by atoms with Crippen LogP contribution in [0.25, 0.3) is 208 Å². The smallest absolute Gasteiger partial charge is 0.143 e. The van der Waals surface area contributed by atoms with Gasteiger partial charge in [0, 0.05) is 100 Å². The van der Waals surface area contributed by atoms with Gasteiger partial charge in [-0.2, -0.15) is 0 Å². The number of furan rings is 2. The first-order chi connectivity index (χ1) is 74.4. The molecule has 0 aliphatic heterocycles. The fourth-order valence-electron chi connectivity index (χ4n) is 23.2. The molecule has 2 heterocycles. The molecule has 0 aliphatic carbocycles. The van der Waals surface area contributed by atoms with Crippen molar-refractivity contribution in [1.29, 1.82) is 0 Å². The summed E-state index contributed by atoms with van der Waals surface area (Å²) in [6.45, 7) is 0. The molecule has 2 aromatic heterocycles. The molecular formula is C144H94N4O2. The van der Waals surface area contributed by atoms with Crippen LogP contribution in [0.3, 0.4) is 0 Å². The summed E-state index contributed by atoms with van der Waals surface area (Å²) in [6.07, 6.45) is 0. The van der Waals surface area contributed by atoms with E-state index in [1.807, 2.05) is 18.2 Å². The Kier molecular flexibility index (Phi) is 21.9. The Morgan fingerprint density at radius 1 is 0.113 bits per heavy atom. The van der Waals surface area contributed by atoms with Gasteiger partial charge >= 0.3 is 0 Å². The second-order valence-electron chi connectivity index (χ2n) is 38.7. The summed E-state index contributed by atoms with van der Waals surface area (Å²) in [5, 5.41) is 26.8. The topological polar surface area (TPSA) is 39.2 Å². The predicted molar refractivity (Wildman–Crippen MR) is 636 cm³/mol. The third-order valence-electron chi connectivity index (χ3n) is 30.3. The second kappa shape index (κ2) is 37.4. The Hall–Kier alpha value is -19.9. The number of hydrogen-bond donors (Lipinski definition) is 0. The molecule has 29 aromatic rings. The van der Waals surface area contributed by atoms with E-state index in [0.717, 1.165) is 168 Å². The molecule has 0 amide bonds. The van der Waals surface area contributed by atoms with E-state index in [9.17, 15) is 0 Å². The lowest BCUT2D eigenvalue weighted by molar-refractivity contribution is 0.669. The van der Waals surface area contributed by atoms with Crippen LogP contribution in [0.2, 0.25) is 0 Å². The SMILES string of the molecule is c1ccc(N(c2ccc(-c3ccc(N(c4ccc(-c5ccc(-c6cccc7c6oc6ccccc67)c6ccccc56)cc4)c4ccc5c6ccccc6c6ccccc6c5c4)cc3)cc2)c2cccc3ccccc23)cc1.c1ccc(N(c2ccccc2)c2ccc(-c3ccc(N(c4ccc(-c5ccc(-c6cccc7c6oc6ccccc67)cc5)cc4)c4ccc5c6ccccc6c6ccccc6c5c4)cc3)c3ccccc23)cc1. The van der Waals surface area contributed by atoms with Gasteiger partial charge in [-0.1, -0.05) is 425 Å². The molecule has 29 rings (SSSR count). The Morgan fingerprint density at radius 3 is 0.780 bits per heavy atom. The van der Waals surface area contributed by atoms with E-state index in [2.05, 4.69) is 572 Å². The maximum atomic E-state index is 6.55. The summed E-state index contributed by atoms with van der Waals surface area (Å²) in [5.74, 6) is 0. The van der Waals surface area contributed by atoms with Crippen molar-refractivity contribution in [3.63, 3.8) is 0 Å². The molecule has 0 bridgehead atoms. The minimum absolute atomic E-state index is 0.904. The molecule has 0 fully saturated rings. The Balaban J connectivity index is 0.000000144. The Morgan fingerprint density at radius 2 is 0.360 bits per heavy atom. The fraction of sp³-hybridized carbons (Fsp3) is 0. The van der Waals surface area contributed by atoms with Crippen molar-refractivity contribution < 1.29 is 8.83 Å². The molecule has 702 valence electrons. The average Bonchev–Trinajstić information content (AvgIpc) is 1.20. The number of para-hydroxylation sites is 7. The minimum atomic E-state index is 0.904. The summed E-state index contributed by atoms with van der Waals surface area (Å²) < 4.78 is 13.0. The number of rotatable bonds is 18. The van der Waals surface area contributed by atoms with Gasteiger partial charge in [-0.05, 0) is 287 Å². The molecule has 6 nitrogen and oxygen atoms in total. The zero-order valence-corrected chi connectivity index (χ0v) is 81.9. The van der Waals surface area contributed by atoms with E-state index in [-0.39, 0.29) is 0 Å². The van der Waals surface area contributed by atoms with Crippen LogP contribution in [0, 0.1) is 0 Å². The van der Waals surface area contributed by atoms with Crippen molar-refractivity contribution >= 4 is 209 Å². The molecule has 0 spiro atoms. The van der Waals surface area contributed by atoms with Crippen molar-refractivity contribution in [3.05, 3.63) is 570 Å². The van der Waals surface area contributed by atoms with Crippen molar-refractivity contribution in [3.8, 4) is 66.8 Å². The number of hydrogen-bond acceptors (Lipinski definition) is 6. The lowest BCUT2D eigenvalue weighted by Crippen LogP contribution is -2.10. The van der Waals surface area contributed by atoms with E-state index in [1.54, 1.807) is 0 Å². The van der Waals surface area contributed by atoms with Gasteiger partial charge in [0.1, 0.15) is 22.3 Å². The number of fused-ring (bicyclic) bond motifs is 21. The van der Waals surface area contributed by atoms with Crippen molar-refractivity contribution in [2.45, 2.75) is 0 Å². The van der Waals surface area contributed by atoms with E-state index in [4.69, 9.17) is 8.83 Å². The highest BCUT2D eigenvalue weighted by Crippen LogP contribution is 2.51. The largest absolute Gasteiger partial charge is 0.455 e. The molecule has 0 saturated carbocycles. The zero-order valence-electron chi connectivity index (χ0n) is 81.9. The number of anilines is 12. The molecule has 27 aromatic carbocycles. The standard InChI is InChI=1S/C74H48N2O.C70H46N2O/c1-2-18-53(19-3-1)76(72-30-14-17-51-16-4-5-20-59(51)72)56-40-34-50(35-41-56)49-32-38-54(39-33-49)75(57-44-45-67-64-25-9-8-23-62(64)63-24-10-11-26-65(63)71(67)48-57)55-42-36-52(37-43-55)58-46-47-66(61-22-7-6-21-60(58)61)69-28-15-29-70-68-27-12-13-31-73(68)77-74(69)70;1-3-16-51(17-4-1)72(52-18-5-2-6-19-52)68-45-44-56(58-20-11-12-25-64(58)68)49-36-40-54(41-37-49)71(55-42-43-63-61-23-8-7-21-59(61)60-22-9-10-24-62(60)67(63)46-55)53-38-34-48(35-39-53)47-30-32-50(33-31-47)57-27-15-28-66-65-26-13-14-29-69(65)73-70(57)66/h1-48H;1-46H. The van der Waals surface area contributed by atoms with E-state index in [1.165, 1.54) is 108 Å². The zero-order chi connectivity index (χ0) is 99.1. The highest BCUT2D eigenvalue weighted by molar-refractivity contribution is 6.28. The quantitative estimate of drug-likeness (QED) is 0.0798. The van der Waals surface area contributed by atoms with Gasteiger partial charge in [0.2, 0.25) is 0 Å². The van der Waals surface area contributed by atoms with E-state index in [0.29, 0.717) is 0 Å². The Labute approximate surface area is 868 Å². The summed E-state index contributed by atoms with van der Waals surface area (Å²) >= 11 is 0. The first-order valence-corrected chi connectivity index (χ1v) is 51.4. The van der Waals surface area contributed by atoms with Crippen LogP contribution >= 0.6 is 0 Å². The molecule has 0 atom stereocenters. The highest BCUT2D eigenvalue weighted by Gasteiger charge is 2.26. The van der Waals surface area contributed by atoms with Crippen LogP contribution in [-0.2, 0) is 0 Å². The minimum Gasteiger partial charge on any atom is -0.455 e. The normalized spacial score (nSPS) is 11.6. The van der Waals surface area contributed by atoms with Crippen LogP contribution in [0.1, 0.15) is 0 Å². The maximum absolute atomic E-state index is 6.55. The lowest BCUT2D eigenvalue weighted by atomic mass is 9.91. The molecule has 0 N–H and O–H groups in total. The van der Waals surface area contributed by atoms with Crippen molar-refractivity contribution in [2.24, 2.45) is 0 Å². The van der Waals surface area contributed by atoms with Crippen LogP contribution < -0.4 is 19.6 Å². The van der Waals surface area contributed by atoms with E-state index < -0.39 is 0 Å². The molecule has 0 unspecified atom stereocenters. The van der Waals surface area contributed by atoms with Gasteiger partial charge in [0.15, 0.2) is 0 Å². The van der Waals surface area contributed by atoms with Gasteiger partial charge < -0.3 is 28.4 Å². The first-order valence-electron chi connectivity index (χ1n) is 51.4. The van der Waals surface area contributed by atoms with E-state index >= 15 is 0 Å². The van der Waals surface area contributed by atoms with Crippen LogP contribution in [0.5, 0.6) is 0 Å². The Bertz CT molecular complexity index is 10100. The summed E-state index contributed by atoms with van der Waals surface area (Å²) in [5.41, 5.74) is 30.6. The second-order valence-corrected chi connectivity index (χ2v) is 38.7. The van der Waals surface area contributed by atoms with Crippen molar-refractivity contribution in [1.82, 2.24) is 0 Å². The van der Waals surface area contributed by atoms with Crippen LogP contribution in [0.15, 0.2) is 579 Å². The third-order valence-corrected chi connectivity index (χ3v) is 30.3. The lowest BCUT2D eigenvalue weighted by Gasteiger charge is -2.28. The number of benzene rings is 27. The molecule has 6 heteroatoms. The monoisotopic (exact) mass is 1910 g/mol. The van der Waals surface area contributed by atoms with Gasteiger partial charge in [-0.25, -0.2) is 0 Å². The van der Waals surface area contributed by atoms with Gasteiger partial charge in [-0.15, -0.1) is 0 Å². The highest BCUT2D eigenvalue weighted by atomic mass is 16.3. The number of nitrogens with zero attached hydrogens (tertiary/aromatic N) is 4. The summed E-state index contributed by atoms with van der Waals surface area (Å²) in [7, 11) is 0.